The van der Waals surface area contributed by atoms with Crippen molar-refractivity contribution < 1.29 is 18.4 Å². The molecule has 0 saturated heterocycles. The van der Waals surface area contributed by atoms with Crippen LogP contribution in [0.1, 0.15) is 5.56 Å². The summed E-state index contributed by atoms with van der Waals surface area (Å²) < 4.78 is 32.2. The zero-order chi connectivity index (χ0) is 19.4. The Labute approximate surface area is 160 Å². The lowest BCUT2D eigenvalue weighted by atomic mass is 10.2. The van der Waals surface area contributed by atoms with Gasteiger partial charge in [0.1, 0.15) is 11.6 Å². The van der Waals surface area contributed by atoms with E-state index in [2.05, 4.69) is 15.5 Å². The fourth-order valence-electron chi connectivity index (χ4n) is 2.12. The number of benzene rings is 2. The maximum Gasteiger partial charge on any atom is 0.318 e. The monoisotopic (exact) mass is 410 g/mol. The van der Waals surface area contributed by atoms with Crippen LogP contribution in [-0.4, -0.2) is 22.2 Å². The van der Waals surface area contributed by atoms with Gasteiger partial charge in [0.2, 0.25) is 10.9 Å². The second kappa shape index (κ2) is 8.27. The number of ether oxygens (including phenoxy) is 1. The summed E-state index contributed by atoms with van der Waals surface area (Å²) >= 11 is 2.08. The molecule has 3 rings (SSSR count). The van der Waals surface area contributed by atoms with E-state index in [4.69, 9.17) is 4.74 Å². The van der Waals surface area contributed by atoms with Gasteiger partial charge in [-0.3, -0.25) is 10.1 Å². The molecule has 2 aromatic carbocycles. The summed E-state index contributed by atoms with van der Waals surface area (Å²) in [6.07, 6.45) is 0. The van der Waals surface area contributed by atoms with Crippen molar-refractivity contribution in [1.29, 1.82) is 0 Å². The number of hydrogen-bond donors (Lipinski definition) is 1. The van der Waals surface area contributed by atoms with Crippen molar-refractivity contribution in [3.05, 3.63) is 63.7 Å². The van der Waals surface area contributed by atoms with E-state index in [1.54, 1.807) is 12.1 Å². The number of nitrogens with one attached hydrogen (secondary N) is 1. The first-order chi connectivity index (χ1) is 13.0. The first-order valence-electron chi connectivity index (χ1n) is 7.48. The molecule has 0 atom stereocenters. The van der Waals surface area contributed by atoms with E-state index in [9.17, 15) is 18.9 Å². The molecule has 1 heterocycles. The van der Waals surface area contributed by atoms with Crippen LogP contribution >= 0.6 is 23.1 Å². The number of nitro benzene ring substituents is 1. The first-order valence-corrected chi connectivity index (χ1v) is 9.11. The molecule has 1 N–H and O–H groups in total. The summed E-state index contributed by atoms with van der Waals surface area (Å²) in [6, 6.07) is 8.32. The highest BCUT2D eigenvalue weighted by atomic mass is 32.2. The van der Waals surface area contributed by atoms with Crippen molar-refractivity contribution in [3.63, 3.8) is 0 Å². The van der Waals surface area contributed by atoms with Crippen molar-refractivity contribution in [2.75, 3.05) is 12.4 Å². The highest BCUT2D eigenvalue weighted by molar-refractivity contribution is 8.01. The van der Waals surface area contributed by atoms with Crippen LogP contribution in [0.4, 0.5) is 19.6 Å². The van der Waals surface area contributed by atoms with Crippen LogP contribution < -0.4 is 10.1 Å². The summed E-state index contributed by atoms with van der Waals surface area (Å²) in [5, 5.41) is 22.6. The molecule has 3 aromatic rings. The van der Waals surface area contributed by atoms with Crippen molar-refractivity contribution >= 4 is 33.9 Å². The second-order valence-electron chi connectivity index (χ2n) is 5.17. The molecule has 11 heteroatoms. The van der Waals surface area contributed by atoms with Crippen molar-refractivity contribution in [3.8, 4) is 5.75 Å². The third-order valence-corrected chi connectivity index (χ3v) is 5.34. The van der Waals surface area contributed by atoms with Crippen molar-refractivity contribution in [2.24, 2.45) is 0 Å². The van der Waals surface area contributed by atoms with Crippen LogP contribution in [0, 0.1) is 21.7 Å². The number of hydrogen-bond acceptors (Lipinski definition) is 8. The predicted molar refractivity (Wildman–Crippen MR) is 97.4 cm³/mol. The van der Waals surface area contributed by atoms with Gasteiger partial charge in [0.15, 0.2) is 4.34 Å². The van der Waals surface area contributed by atoms with E-state index in [1.807, 2.05) is 0 Å². The third-order valence-electron chi connectivity index (χ3n) is 3.38. The molecule has 0 aliphatic carbocycles. The van der Waals surface area contributed by atoms with Crippen molar-refractivity contribution in [2.45, 2.75) is 15.8 Å². The topological polar surface area (TPSA) is 90.2 Å². The minimum atomic E-state index is -0.985. The van der Waals surface area contributed by atoms with Gasteiger partial charge in [0, 0.05) is 18.7 Å². The van der Waals surface area contributed by atoms with E-state index >= 15 is 0 Å². The maximum atomic E-state index is 14.0. The zero-order valence-electron chi connectivity index (χ0n) is 13.8. The zero-order valence-corrected chi connectivity index (χ0v) is 15.4. The summed E-state index contributed by atoms with van der Waals surface area (Å²) in [5.74, 6) is -1.14. The maximum absolute atomic E-state index is 14.0. The molecule has 0 unspecified atom stereocenters. The Morgan fingerprint density at radius 1 is 1.26 bits per heavy atom. The Morgan fingerprint density at radius 2 is 2.00 bits per heavy atom. The minimum absolute atomic E-state index is 0.0677. The normalized spacial score (nSPS) is 10.6. The summed E-state index contributed by atoms with van der Waals surface area (Å²) in [6.45, 7) is 0.410. The van der Waals surface area contributed by atoms with Crippen LogP contribution in [0.5, 0.6) is 5.75 Å². The average molecular weight is 410 g/mol. The number of aromatic nitrogens is 2. The van der Waals surface area contributed by atoms with E-state index in [-0.39, 0.29) is 16.5 Å². The molecule has 7 nitrogen and oxygen atoms in total. The number of rotatable bonds is 7. The number of methoxy groups -OCH3 is 1. The quantitative estimate of drug-likeness (QED) is 0.453. The SMILES string of the molecule is COc1cc(F)c([N+](=O)[O-])c(Sc2nnc(NCc3ccc(F)cc3)s2)c1. The molecule has 0 spiro atoms. The van der Waals surface area contributed by atoms with Crippen LogP contribution in [0.25, 0.3) is 0 Å². The Hall–Kier alpha value is -2.79. The van der Waals surface area contributed by atoms with Gasteiger partial charge in [0.25, 0.3) is 0 Å². The van der Waals surface area contributed by atoms with Gasteiger partial charge in [0.05, 0.1) is 16.9 Å². The largest absolute Gasteiger partial charge is 0.497 e. The molecule has 1 aromatic heterocycles. The summed E-state index contributed by atoms with van der Waals surface area (Å²) in [5.41, 5.74) is 0.211. The van der Waals surface area contributed by atoms with Crippen LogP contribution in [0.15, 0.2) is 45.6 Å². The van der Waals surface area contributed by atoms with Gasteiger partial charge >= 0.3 is 5.69 Å². The minimum Gasteiger partial charge on any atom is -0.497 e. The molecular formula is C16H12F2N4O3S2. The fraction of sp³-hybridized carbons (Fsp3) is 0.125. The number of nitro groups is 1. The smallest absolute Gasteiger partial charge is 0.318 e. The lowest BCUT2D eigenvalue weighted by Gasteiger charge is -2.05. The number of anilines is 1. The van der Waals surface area contributed by atoms with E-state index in [1.165, 1.54) is 25.3 Å². The Kier molecular flexibility index (Phi) is 5.81. The van der Waals surface area contributed by atoms with Crippen LogP contribution in [-0.2, 0) is 6.54 Å². The van der Waals surface area contributed by atoms with Crippen molar-refractivity contribution in [1.82, 2.24) is 10.2 Å². The van der Waals surface area contributed by atoms with Gasteiger partial charge in [-0.1, -0.05) is 23.5 Å². The Balaban J connectivity index is 1.74. The summed E-state index contributed by atoms with van der Waals surface area (Å²) in [4.78, 5) is 10.4. The number of halogens is 2. The second-order valence-corrected chi connectivity index (χ2v) is 7.43. The first kappa shape index (κ1) is 19.0. The molecule has 27 heavy (non-hydrogen) atoms. The van der Waals surface area contributed by atoms with Gasteiger partial charge in [-0.15, -0.1) is 10.2 Å². The highest BCUT2D eigenvalue weighted by Gasteiger charge is 2.24. The standard InChI is InChI=1S/C16H12F2N4O3S2/c1-25-11-6-12(18)14(22(23)24)13(7-11)26-16-21-20-15(27-16)19-8-9-2-4-10(17)5-3-9/h2-7H,8H2,1H3,(H,19,20). The molecule has 0 saturated carbocycles. The molecule has 140 valence electrons. The van der Waals surface area contributed by atoms with Gasteiger partial charge in [-0.25, -0.2) is 4.39 Å². The van der Waals surface area contributed by atoms with Gasteiger partial charge in [-0.2, -0.15) is 4.39 Å². The lowest BCUT2D eigenvalue weighted by molar-refractivity contribution is -0.390. The molecule has 0 fully saturated rings. The Morgan fingerprint density at radius 3 is 2.67 bits per heavy atom. The molecule has 0 aliphatic heterocycles. The van der Waals surface area contributed by atoms with Crippen LogP contribution in [0.2, 0.25) is 0 Å². The molecule has 0 bridgehead atoms. The average Bonchev–Trinajstić information content (AvgIpc) is 3.07. The Bertz CT molecular complexity index is 967. The molecule has 0 amide bonds. The van der Waals surface area contributed by atoms with E-state index in [0.717, 1.165) is 34.7 Å². The fourth-order valence-corrected chi connectivity index (χ4v) is 3.98. The molecular weight excluding hydrogens is 398 g/mol. The van der Waals surface area contributed by atoms with Gasteiger partial charge in [-0.05, 0) is 29.5 Å². The number of nitrogens with zero attached hydrogens (tertiary/aromatic N) is 3. The van der Waals surface area contributed by atoms with E-state index < -0.39 is 16.4 Å². The molecule has 0 aliphatic rings. The third kappa shape index (κ3) is 4.68. The summed E-state index contributed by atoms with van der Waals surface area (Å²) in [7, 11) is 1.34. The molecule has 0 radical (unpaired) electrons. The lowest BCUT2D eigenvalue weighted by Crippen LogP contribution is -1.98. The van der Waals surface area contributed by atoms with E-state index in [0.29, 0.717) is 16.0 Å². The van der Waals surface area contributed by atoms with Gasteiger partial charge < -0.3 is 10.1 Å². The van der Waals surface area contributed by atoms with Crippen LogP contribution in [0.3, 0.4) is 0 Å². The predicted octanol–water partition coefficient (Wildman–Crippen LogP) is 4.50. The highest BCUT2D eigenvalue weighted by Crippen LogP contribution is 2.40.